The standard InChI is InChI=1S/C12H15BrClNO2/c1-9(14)12(16)15(2)7-8-17-11-5-3-10(13)4-6-11/h3-6,9H,7-8H2,1-2H3. The summed E-state index contributed by atoms with van der Waals surface area (Å²) in [6.07, 6.45) is 0. The average Bonchev–Trinajstić information content (AvgIpc) is 2.30. The van der Waals surface area contributed by atoms with Crippen LogP contribution in [-0.4, -0.2) is 36.4 Å². The van der Waals surface area contributed by atoms with Crippen LogP contribution in [0.15, 0.2) is 28.7 Å². The Bertz CT molecular complexity index is 367. The molecule has 0 aliphatic heterocycles. The number of alkyl halides is 1. The Morgan fingerprint density at radius 1 is 1.47 bits per heavy atom. The molecule has 0 saturated carbocycles. The minimum Gasteiger partial charge on any atom is -0.492 e. The number of ether oxygens (including phenoxy) is 1. The van der Waals surface area contributed by atoms with Crippen LogP contribution in [0.2, 0.25) is 0 Å². The van der Waals surface area contributed by atoms with Crippen molar-refractivity contribution in [1.82, 2.24) is 4.90 Å². The first-order chi connectivity index (χ1) is 8.00. The van der Waals surface area contributed by atoms with Crippen molar-refractivity contribution < 1.29 is 9.53 Å². The van der Waals surface area contributed by atoms with Crippen LogP contribution >= 0.6 is 27.5 Å². The second-order valence-electron chi connectivity index (χ2n) is 3.68. The molecule has 0 aliphatic carbocycles. The molecule has 0 saturated heterocycles. The van der Waals surface area contributed by atoms with Gasteiger partial charge in [-0.05, 0) is 31.2 Å². The van der Waals surface area contributed by atoms with Crippen LogP contribution in [0.3, 0.4) is 0 Å². The summed E-state index contributed by atoms with van der Waals surface area (Å²) in [5.41, 5.74) is 0. The van der Waals surface area contributed by atoms with Crippen molar-refractivity contribution in [3.63, 3.8) is 0 Å². The number of likely N-dealkylation sites (N-methyl/N-ethyl adjacent to an activating group) is 1. The number of hydrogen-bond acceptors (Lipinski definition) is 2. The summed E-state index contributed by atoms with van der Waals surface area (Å²) in [5.74, 6) is 0.694. The molecule has 0 fully saturated rings. The maximum absolute atomic E-state index is 11.5. The van der Waals surface area contributed by atoms with Gasteiger partial charge in [0.2, 0.25) is 5.91 Å². The minimum absolute atomic E-state index is 0.0916. The van der Waals surface area contributed by atoms with Crippen LogP contribution in [-0.2, 0) is 4.79 Å². The Morgan fingerprint density at radius 3 is 2.59 bits per heavy atom. The number of carbonyl (C=O) groups excluding carboxylic acids is 1. The summed E-state index contributed by atoms with van der Waals surface area (Å²) in [5, 5.41) is -0.493. The molecule has 3 nitrogen and oxygen atoms in total. The van der Waals surface area contributed by atoms with Crippen molar-refractivity contribution in [1.29, 1.82) is 0 Å². The molecule has 0 bridgehead atoms. The lowest BCUT2D eigenvalue weighted by Crippen LogP contribution is -2.35. The molecule has 0 spiro atoms. The van der Waals surface area contributed by atoms with E-state index in [9.17, 15) is 4.79 Å². The number of nitrogens with zero attached hydrogens (tertiary/aromatic N) is 1. The van der Waals surface area contributed by atoms with Crippen molar-refractivity contribution in [2.24, 2.45) is 0 Å². The predicted molar refractivity (Wildman–Crippen MR) is 72.6 cm³/mol. The monoisotopic (exact) mass is 319 g/mol. The van der Waals surface area contributed by atoms with Crippen molar-refractivity contribution in [3.8, 4) is 5.75 Å². The molecule has 1 aromatic rings. The highest BCUT2D eigenvalue weighted by Gasteiger charge is 2.14. The van der Waals surface area contributed by atoms with E-state index >= 15 is 0 Å². The molecule has 1 aromatic carbocycles. The van der Waals surface area contributed by atoms with Crippen LogP contribution in [0.5, 0.6) is 5.75 Å². The Balaban J connectivity index is 2.33. The zero-order valence-electron chi connectivity index (χ0n) is 9.82. The van der Waals surface area contributed by atoms with Crippen LogP contribution < -0.4 is 4.74 Å². The lowest BCUT2D eigenvalue weighted by molar-refractivity contribution is -0.129. The number of benzene rings is 1. The third-order valence-corrected chi connectivity index (χ3v) is 2.94. The molecule has 0 N–H and O–H groups in total. The number of rotatable bonds is 5. The molecule has 1 amide bonds. The topological polar surface area (TPSA) is 29.5 Å². The van der Waals surface area contributed by atoms with Gasteiger partial charge in [0.05, 0.1) is 6.54 Å². The highest BCUT2D eigenvalue weighted by atomic mass is 79.9. The minimum atomic E-state index is -0.493. The van der Waals surface area contributed by atoms with Gasteiger partial charge in [-0.15, -0.1) is 11.6 Å². The van der Waals surface area contributed by atoms with Gasteiger partial charge in [-0.1, -0.05) is 15.9 Å². The normalized spacial score (nSPS) is 12.0. The van der Waals surface area contributed by atoms with Gasteiger partial charge in [0.15, 0.2) is 0 Å². The lowest BCUT2D eigenvalue weighted by atomic mass is 10.3. The van der Waals surface area contributed by atoms with Crippen molar-refractivity contribution in [2.75, 3.05) is 20.2 Å². The number of halogens is 2. The summed E-state index contributed by atoms with van der Waals surface area (Å²) >= 11 is 9.05. The number of carbonyl (C=O) groups is 1. The third kappa shape index (κ3) is 4.96. The van der Waals surface area contributed by atoms with E-state index in [1.807, 2.05) is 24.3 Å². The molecule has 1 unspecified atom stereocenters. The van der Waals surface area contributed by atoms with E-state index in [1.165, 1.54) is 0 Å². The lowest BCUT2D eigenvalue weighted by Gasteiger charge is -2.18. The van der Waals surface area contributed by atoms with Crippen molar-refractivity contribution >= 4 is 33.4 Å². The van der Waals surface area contributed by atoms with Gasteiger partial charge in [-0.25, -0.2) is 0 Å². The van der Waals surface area contributed by atoms with Gasteiger partial charge in [-0.2, -0.15) is 0 Å². The summed E-state index contributed by atoms with van der Waals surface area (Å²) in [7, 11) is 1.71. The van der Waals surface area contributed by atoms with E-state index in [1.54, 1.807) is 18.9 Å². The number of hydrogen-bond donors (Lipinski definition) is 0. The first-order valence-corrected chi connectivity index (χ1v) is 6.51. The Morgan fingerprint density at radius 2 is 2.06 bits per heavy atom. The fourth-order valence-corrected chi connectivity index (χ4v) is 1.68. The summed E-state index contributed by atoms with van der Waals surface area (Å²) in [6.45, 7) is 2.63. The smallest absolute Gasteiger partial charge is 0.240 e. The van der Waals surface area contributed by atoms with Crippen LogP contribution in [0.25, 0.3) is 0 Å². The van der Waals surface area contributed by atoms with Gasteiger partial charge < -0.3 is 9.64 Å². The quantitative estimate of drug-likeness (QED) is 0.781. The van der Waals surface area contributed by atoms with E-state index < -0.39 is 5.38 Å². The predicted octanol–water partition coefficient (Wildman–Crippen LogP) is 2.91. The van der Waals surface area contributed by atoms with E-state index in [0.717, 1.165) is 10.2 Å². The molecule has 1 rings (SSSR count). The SMILES string of the molecule is CC(Cl)C(=O)N(C)CCOc1ccc(Br)cc1. The fourth-order valence-electron chi connectivity index (χ4n) is 1.25. The van der Waals surface area contributed by atoms with E-state index in [-0.39, 0.29) is 5.91 Å². The maximum atomic E-state index is 11.5. The van der Waals surface area contributed by atoms with E-state index in [2.05, 4.69) is 15.9 Å². The van der Waals surface area contributed by atoms with Crippen LogP contribution in [0, 0.1) is 0 Å². The Hall–Kier alpha value is -0.740. The zero-order valence-corrected chi connectivity index (χ0v) is 12.2. The van der Waals surface area contributed by atoms with Gasteiger partial charge >= 0.3 is 0 Å². The highest BCUT2D eigenvalue weighted by molar-refractivity contribution is 9.10. The molecule has 0 aromatic heterocycles. The summed E-state index contributed by atoms with van der Waals surface area (Å²) < 4.78 is 6.51. The fraction of sp³-hybridized carbons (Fsp3) is 0.417. The second-order valence-corrected chi connectivity index (χ2v) is 5.25. The Labute approximate surface area is 115 Å². The van der Waals surface area contributed by atoms with Gasteiger partial charge in [0.25, 0.3) is 0 Å². The average molecular weight is 321 g/mol. The molecular weight excluding hydrogens is 305 g/mol. The van der Waals surface area contributed by atoms with Gasteiger partial charge in [-0.3, -0.25) is 4.79 Å². The van der Waals surface area contributed by atoms with E-state index in [4.69, 9.17) is 16.3 Å². The molecule has 0 heterocycles. The maximum Gasteiger partial charge on any atom is 0.240 e. The van der Waals surface area contributed by atoms with Gasteiger partial charge in [0, 0.05) is 11.5 Å². The van der Waals surface area contributed by atoms with Crippen molar-refractivity contribution in [3.05, 3.63) is 28.7 Å². The van der Waals surface area contributed by atoms with E-state index in [0.29, 0.717) is 13.2 Å². The highest BCUT2D eigenvalue weighted by Crippen LogP contribution is 2.15. The molecule has 0 aliphatic rings. The number of amides is 1. The van der Waals surface area contributed by atoms with Crippen molar-refractivity contribution in [2.45, 2.75) is 12.3 Å². The second kappa shape index (κ2) is 6.87. The first-order valence-electron chi connectivity index (χ1n) is 5.28. The molecule has 17 heavy (non-hydrogen) atoms. The zero-order chi connectivity index (χ0) is 12.8. The molecular formula is C12H15BrClNO2. The van der Waals surface area contributed by atoms with Crippen LogP contribution in [0.1, 0.15) is 6.92 Å². The molecule has 1 atom stereocenters. The third-order valence-electron chi connectivity index (χ3n) is 2.23. The van der Waals surface area contributed by atoms with Crippen LogP contribution in [0.4, 0.5) is 0 Å². The molecule has 94 valence electrons. The largest absolute Gasteiger partial charge is 0.492 e. The Kier molecular flexibility index (Phi) is 5.78. The summed E-state index contributed by atoms with van der Waals surface area (Å²) in [4.78, 5) is 13.0. The summed E-state index contributed by atoms with van der Waals surface area (Å²) in [6, 6.07) is 7.56. The first kappa shape index (κ1) is 14.3. The molecule has 0 radical (unpaired) electrons. The van der Waals surface area contributed by atoms with Gasteiger partial charge in [0.1, 0.15) is 17.7 Å². The molecule has 5 heteroatoms.